The molecular weight excluding hydrogens is 534 g/mol. The summed E-state index contributed by atoms with van der Waals surface area (Å²) in [6.45, 7) is 0. The molecule has 0 aliphatic rings. The summed E-state index contributed by atoms with van der Waals surface area (Å²) < 4.78 is 0. The Morgan fingerprint density at radius 2 is 0.857 bits per heavy atom. The van der Waals surface area contributed by atoms with Crippen LogP contribution in [0, 0.1) is 0 Å². The maximum absolute atomic E-state index is 6.65. The zero-order valence-electron chi connectivity index (χ0n) is 18.6. The third kappa shape index (κ3) is 7.43. The molecule has 0 nitrogen and oxygen atoms in total. The van der Waals surface area contributed by atoms with Crippen LogP contribution in [0.3, 0.4) is 0 Å². The second kappa shape index (κ2) is 12.7. The zero-order valence-corrected chi connectivity index (χ0v) is 22.5. The van der Waals surface area contributed by atoms with Crippen molar-refractivity contribution in [1.82, 2.24) is 0 Å². The van der Waals surface area contributed by atoms with Crippen molar-refractivity contribution in [3.63, 3.8) is 0 Å². The Labute approximate surface area is 231 Å². The molecule has 2 atom stereocenters. The van der Waals surface area contributed by atoms with Gasteiger partial charge in [0.05, 0.1) is 10.5 Å². The Morgan fingerprint density at radius 1 is 0.486 bits per heavy atom. The molecule has 0 saturated heterocycles. The molecule has 5 heteroatoms. The lowest BCUT2D eigenvalue weighted by molar-refractivity contribution is 1.17. The van der Waals surface area contributed by atoms with Gasteiger partial charge >= 0.3 is 0 Å². The van der Waals surface area contributed by atoms with E-state index in [2.05, 4.69) is 36.4 Å². The molecule has 0 saturated carbocycles. The van der Waals surface area contributed by atoms with Gasteiger partial charge in [0.2, 0.25) is 0 Å². The molecule has 0 bridgehead atoms. The number of hydrogen-bond acceptors (Lipinski definition) is 1. The topological polar surface area (TPSA) is 0 Å². The first kappa shape index (κ1) is 25.9. The standard InChI is InChI=1S/C30H22Cl4S/c31-23-15-9-21(10-16-23)13-19-29(25-5-1-3-7-27(25)33)35-30(26-6-2-4-8-28(26)34)20-14-22-11-17-24(32)18-12-22/h1-20,29-30H/b19-13-,20-14-. The number of benzene rings is 4. The van der Waals surface area contributed by atoms with Crippen LogP contribution in [0.5, 0.6) is 0 Å². The van der Waals surface area contributed by atoms with E-state index in [0.717, 1.165) is 32.3 Å². The van der Waals surface area contributed by atoms with Gasteiger partial charge in [0.25, 0.3) is 0 Å². The summed E-state index contributed by atoms with van der Waals surface area (Å²) in [5.41, 5.74) is 4.22. The fourth-order valence-electron chi connectivity index (χ4n) is 3.56. The maximum atomic E-state index is 6.65. The molecule has 0 aliphatic heterocycles. The van der Waals surface area contributed by atoms with Crippen LogP contribution in [0.1, 0.15) is 32.8 Å². The molecule has 0 N–H and O–H groups in total. The highest BCUT2D eigenvalue weighted by atomic mass is 35.5. The lowest BCUT2D eigenvalue weighted by atomic mass is 10.1. The van der Waals surface area contributed by atoms with Crippen LogP contribution in [0.4, 0.5) is 0 Å². The number of rotatable bonds is 8. The monoisotopic (exact) mass is 554 g/mol. The van der Waals surface area contributed by atoms with Gasteiger partial charge in [-0.1, -0.05) is 131 Å². The number of hydrogen-bond donors (Lipinski definition) is 0. The molecule has 2 unspecified atom stereocenters. The molecule has 4 aromatic rings. The van der Waals surface area contributed by atoms with Gasteiger partial charge in [-0.2, -0.15) is 0 Å². The lowest BCUT2D eigenvalue weighted by Crippen LogP contribution is -1.98. The first-order chi connectivity index (χ1) is 17.0. The molecule has 0 spiro atoms. The third-order valence-corrected chi connectivity index (χ3v) is 7.98. The quantitative estimate of drug-likeness (QED) is 0.208. The summed E-state index contributed by atoms with van der Waals surface area (Å²) in [4.78, 5) is 0. The van der Waals surface area contributed by atoms with Crippen LogP contribution in [0.25, 0.3) is 12.2 Å². The van der Waals surface area contributed by atoms with Gasteiger partial charge in [0.1, 0.15) is 0 Å². The smallest absolute Gasteiger partial charge is 0.0504 e. The average Bonchev–Trinajstić information content (AvgIpc) is 2.87. The van der Waals surface area contributed by atoms with E-state index in [-0.39, 0.29) is 10.5 Å². The Kier molecular flexibility index (Phi) is 9.43. The van der Waals surface area contributed by atoms with Gasteiger partial charge in [0.15, 0.2) is 0 Å². The molecule has 0 amide bonds. The van der Waals surface area contributed by atoms with E-state index in [1.807, 2.05) is 84.9 Å². The summed E-state index contributed by atoms with van der Waals surface area (Å²) in [6.07, 6.45) is 8.55. The first-order valence-corrected chi connectivity index (χ1v) is 13.5. The molecule has 0 heterocycles. The zero-order chi connectivity index (χ0) is 24.6. The van der Waals surface area contributed by atoms with Crippen molar-refractivity contribution in [2.45, 2.75) is 10.5 Å². The van der Waals surface area contributed by atoms with E-state index in [4.69, 9.17) is 46.4 Å². The molecular formula is C30H22Cl4S. The predicted molar refractivity (Wildman–Crippen MR) is 157 cm³/mol. The summed E-state index contributed by atoms with van der Waals surface area (Å²) in [5.74, 6) is 0. The normalized spacial score (nSPS) is 13.4. The van der Waals surface area contributed by atoms with Crippen LogP contribution in [0.2, 0.25) is 20.1 Å². The molecule has 4 aromatic carbocycles. The van der Waals surface area contributed by atoms with Gasteiger partial charge in [-0.15, -0.1) is 11.8 Å². The highest BCUT2D eigenvalue weighted by Gasteiger charge is 2.20. The van der Waals surface area contributed by atoms with Gasteiger partial charge in [-0.25, -0.2) is 0 Å². The van der Waals surface area contributed by atoms with Crippen molar-refractivity contribution < 1.29 is 0 Å². The lowest BCUT2D eigenvalue weighted by Gasteiger charge is -2.22. The molecule has 0 fully saturated rings. The van der Waals surface area contributed by atoms with Crippen LogP contribution in [-0.4, -0.2) is 0 Å². The van der Waals surface area contributed by atoms with Crippen molar-refractivity contribution in [3.8, 4) is 0 Å². The molecule has 0 aliphatic carbocycles. The number of halogens is 4. The van der Waals surface area contributed by atoms with Crippen molar-refractivity contribution in [1.29, 1.82) is 0 Å². The minimum atomic E-state index is -0.0180. The Hall–Kier alpha value is -2.13. The van der Waals surface area contributed by atoms with E-state index in [1.54, 1.807) is 11.8 Å². The van der Waals surface area contributed by atoms with Crippen LogP contribution in [0.15, 0.2) is 109 Å². The molecule has 0 aromatic heterocycles. The Balaban J connectivity index is 1.71. The first-order valence-electron chi connectivity index (χ1n) is 11.0. The summed E-state index contributed by atoms with van der Waals surface area (Å²) in [5, 5.41) is 2.84. The van der Waals surface area contributed by atoms with Crippen LogP contribution in [-0.2, 0) is 0 Å². The van der Waals surface area contributed by atoms with Crippen LogP contribution >= 0.6 is 58.2 Å². The summed E-state index contributed by atoms with van der Waals surface area (Å²) in [7, 11) is 0. The fourth-order valence-corrected chi connectivity index (χ4v) is 5.81. The summed E-state index contributed by atoms with van der Waals surface area (Å²) >= 11 is 27.2. The van der Waals surface area contributed by atoms with Crippen molar-refractivity contribution in [3.05, 3.63) is 152 Å². The van der Waals surface area contributed by atoms with E-state index < -0.39 is 0 Å². The molecule has 0 radical (unpaired) electrons. The molecule has 176 valence electrons. The third-order valence-electron chi connectivity index (χ3n) is 5.38. The van der Waals surface area contributed by atoms with E-state index in [1.165, 1.54) is 0 Å². The Morgan fingerprint density at radius 3 is 1.23 bits per heavy atom. The largest absolute Gasteiger partial charge is 0.137 e. The Bertz CT molecular complexity index is 1210. The molecule has 4 rings (SSSR count). The van der Waals surface area contributed by atoms with Crippen molar-refractivity contribution >= 4 is 70.3 Å². The van der Waals surface area contributed by atoms with Crippen LogP contribution < -0.4 is 0 Å². The highest BCUT2D eigenvalue weighted by molar-refractivity contribution is 8.00. The van der Waals surface area contributed by atoms with E-state index in [0.29, 0.717) is 10.0 Å². The van der Waals surface area contributed by atoms with Gasteiger partial charge < -0.3 is 0 Å². The minimum Gasteiger partial charge on any atom is -0.137 e. The minimum absolute atomic E-state index is 0.0180. The van der Waals surface area contributed by atoms with E-state index >= 15 is 0 Å². The predicted octanol–water partition coefficient (Wildman–Crippen LogP) is 11.2. The van der Waals surface area contributed by atoms with Gasteiger partial charge in [-0.05, 0) is 58.7 Å². The molecule has 35 heavy (non-hydrogen) atoms. The average molecular weight is 556 g/mol. The fraction of sp³-hybridized carbons (Fsp3) is 0.0667. The highest BCUT2D eigenvalue weighted by Crippen LogP contribution is 2.46. The van der Waals surface area contributed by atoms with Gasteiger partial charge in [-0.3, -0.25) is 0 Å². The number of thioether (sulfide) groups is 1. The van der Waals surface area contributed by atoms with E-state index in [9.17, 15) is 0 Å². The second-order valence-corrected chi connectivity index (χ2v) is 10.8. The van der Waals surface area contributed by atoms with Crippen molar-refractivity contribution in [2.75, 3.05) is 0 Å². The van der Waals surface area contributed by atoms with Crippen molar-refractivity contribution in [2.24, 2.45) is 0 Å². The second-order valence-electron chi connectivity index (χ2n) is 7.84. The SMILES string of the molecule is Clc1ccc(/C=C\C(SC(/C=C\c2ccc(Cl)cc2)c2ccccc2Cl)c2ccccc2Cl)cc1. The summed E-state index contributed by atoms with van der Waals surface area (Å²) in [6, 6.07) is 31.5. The van der Waals surface area contributed by atoms with Gasteiger partial charge in [0, 0.05) is 20.1 Å². The maximum Gasteiger partial charge on any atom is 0.0504 e.